The summed E-state index contributed by atoms with van der Waals surface area (Å²) in [5, 5.41) is 0. The van der Waals surface area contributed by atoms with Gasteiger partial charge in [0.05, 0.1) is 11.3 Å². The number of fused-ring (bicyclic) bond motifs is 1. The molecule has 0 N–H and O–H groups in total. The first-order valence-corrected chi connectivity index (χ1v) is 10.8. The summed E-state index contributed by atoms with van der Waals surface area (Å²) < 4.78 is 65.0. The van der Waals surface area contributed by atoms with Crippen LogP contribution in [0.1, 0.15) is 16.7 Å². The summed E-state index contributed by atoms with van der Waals surface area (Å²) in [5.74, 6) is 0.284. The van der Waals surface area contributed by atoms with Gasteiger partial charge >= 0.3 is 6.18 Å². The minimum absolute atomic E-state index is 0.00775. The molecule has 0 spiro atoms. The van der Waals surface area contributed by atoms with Crippen LogP contribution < -0.4 is 0 Å². The topological polar surface area (TPSA) is 40.6 Å². The second-order valence-electron chi connectivity index (χ2n) is 7.51. The lowest BCUT2D eigenvalue weighted by Crippen LogP contribution is -2.54. The van der Waals surface area contributed by atoms with Gasteiger partial charge in [-0.1, -0.05) is 42.5 Å². The third kappa shape index (κ3) is 3.94. The first-order valence-electron chi connectivity index (χ1n) is 9.14. The lowest BCUT2D eigenvalue weighted by molar-refractivity contribution is -0.137. The molecule has 0 amide bonds. The van der Waals surface area contributed by atoms with Crippen molar-refractivity contribution in [3.8, 4) is 0 Å². The Morgan fingerprint density at radius 3 is 2.21 bits per heavy atom. The summed E-state index contributed by atoms with van der Waals surface area (Å²) in [4.78, 5) is 2.14. The molecule has 150 valence electrons. The Balaban J connectivity index is 1.37. The Morgan fingerprint density at radius 1 is 0.893 bits per heavy atom. The molecule has 2 aliphatic heterocycles. The van der Waals surface area contributed by atoms with Crippen LogP contribution >= 0.6 is 0 Å². The lowest BCUT2D eigenvalue weighted by Gasteiger charge is -2.43. The molecule has 8 heteroatoms. The van der Waals surface area contributed by atoms with E-state index in [4.69, 9.17) is 0 Å². The molecule has 0 aromatic heterocycles. The monoisotopic (exact) mass is 410 g/mol. The van der Waals surface area contributed by atoms with E-state index in [0.29, 0.717) is 25.6 Å². The number of rotatable bonds is 5. The first-order chi connectivity index (χ1) is 13.2. The fraction of sp³-hybridized carbons (Fsp3) is 0.400. The average Bonchev–Trinajstić information content (AvgIpc) is 2.98. The number of hydrogen-bond acceptors (Lipinski definition) is 3. The molecule has 2 aliphatic rings. The molecule has 2 atom stereocenters. The van der Waals surface area contributed by atoms with Crippen molar-refractivity contribution < 1.29 is 21.6 Å². The molecule has 0 bridgehead atoms. The Kier molecular flexibility index (Phi) is 4.97. The zero-order chi connectivity index (χ0) is 19.9. The van der Waals surface area contributed by atoms with E-state index >= 15 is 0 Å². The standard InChI is InChI=1S/C20H21F3N2O2S/c21-20(22,23)18-8-6-15(7-9-18)10-24-11-17-12-25(13-19(17)24)28(26,27)14-16-4-2-1-3-5-16/h1-9,17,19H,10-14H2/t17-,19+/m1/s1. The van der Waals surface area contributed by atoms with Crippen LogP contribution in [0.3, 0.4) is 0 Å². The van der Waals surface area contributed by atoms with E-state index in [0.717, 1.165) is 29.8 Å². The molecule has 0 unspecified atom stereocenters. The molecule has 2 heterocycles. The molecule has 0 aliphatic carbocycles. The smallest absolute Gasteiger partial charge is 0.294 e. The zero-order valence-electron chi connectivity index (χ0n) is 15.1. The summed E-state index contributed by atoms with van der Waals surface area (Å²) in [6.07, 6.45) is -4.33. The molecule has 0 saturated carbocycles. The third-order valence-electron chi connectivity index (χ3n) is 5.56. The molecule has 0 radical (unpaired) electrons. The first kappa shape index (κ1) is 19.4. The lowest BCUT2D eigenvalue weighted by atomic mass is 9.91. The maximum absolute atomic E-state index is 12.7. The van der Waals surface area contributed by atoms with Gasteiger partial charge in [0.15, 0.2) is 0 Å². The van der Waals surface area contributed by atoms with Crippen LogP contribution in [0.15, 0.2) is 54.6 Å². The van der Waals surface area contributed by atoms with Crippen molar-refractivity contribution in [3.05, 3.63) is 71.3 Å². The third-order valence-corrected chi connectivity index (χ3v) is 7.35. The molecule has 2 aromatic carbocycles. The Morgan fingerprint density at radius 2 is 1.57 bits per heavy atom. The fourth-order valence-electron chi connectivity index (χ4n) is 4.03. The highest BCUT2D eigenvalue weighted by Gasteiger charge is 2.48. The Bertz CT molecular complexity index is 930. The van der Waals surface area contributed by atoms with E-state index in [1.807, 2.05) is 18.2 Å². The van der Waals surface area contributed by atoms with Crippen molar-refractivity contribution in [2.45, 2.75) is 24.5 Å². The largest absolute Gasteiger partial charge is 0.416 e. The van der Waals surface area contributed by atoms with Gasteiger partial charge in [-0.15, -0.1) is 0 Å². The molecule has 2 saturated heterocycles. The van der Waals surface area contributed by atoms with Gasteiger partial charge < -0.3 is 0 Å². The van der Waals surface area contributed by atoms with E-state index in [2.05, 4.69) is 4.90 Å². The van der Waals surface area contributed by atoms with Crippen LogP contribution in [-0.4, -0.2) is 43.3 Å². The highest BCUT2D eigenvalue weighted by molar-refractivity contribution is 7.88. The van der Waals surface area contributed by atoms with Crippen molar-refractivity contribution in [3.63, 3.8) is 0 Å². The van der Waals surface area contributed by atoms with E-state index in [1.165, 1.54) is 12.1 Å². The number of alkyl halides is 3. The minimum atomic E-state index is -4.33. The van der Waals surface area contributed by atoms with E-state index in [-0.39, 0.29) is 11.8 Å². The number of sulfonamides is 1. The van der Waals surface area contributed by atoms with Crippen LogP contribution in [-0.2, 0) is 28.5 Å². The van der Waals surface area contributed by atoms with Crippen molar-refractivity contribution in [1.82, 2.24) is 9.21 Å². The molecular formula is C20H21F3N2O2S. The second-order valence-corrected chi connectivity index (χ2v) is 9.48. The number of nitrogens with zero attached hydrogens (tertiary/aromatic N) is 2. The highest BCUT2D eigenvalue weighted by Crippen LogP contribution is 2.36. The number of benzene rings is 2. The van der Waals surface area contributed by atoms with Gasteiger partial charge in [0.25, 0.3) is 0 Å². The summed E-state index contributed by atoms with van der Waals surface area (Å²) in [5.41, 5.74) is 0.914. The van der Waals surface area contributed by atoms with E-state index < -0.39 is 21.8 Å². The van der Waals surface area contributed by atoms with Crippen molar-refractivity contribution in [2.75, 3.05) is 19.6 Å². The van der Waals surface area contributed by atoms with Gasteiger partial charge in [0, 0.05) is 38.1 Å². The van der Waals surface area contributed by atoms with Crippen LogP contribution in [0.25, 0.3) is 0 Å². The molecule has 4 nitrogen and oxygen atoms in total. The molecular weight excluding hydrogens is 389 g/mol. The predicted molar refractivity (Wildman–Crippen MR) is 99.8 cm³/mol. The average molecular weight is 410 g/mol. The maximum Gasteiger partial charge on any atom is 0.416 e. The molecule has 2 fully saturated rings. The summed E-state index contributed by atoms with van der Waals surface area (Å²) in [7, 11) is -3.38. The van der Waals surface area contributed by atoms with E-state index in [1.54, 1.807) is 16.4 Å². The van der Waals surface area contributed by atoms with Gasteiger partial charge in [-0.2, -0.15) is 17.5 Å². The van der Waals surface area contributed by atoms with Gasteiger partial charge in [0.1, 0.15) is 0 Å². The second kappa shape index (κ2) is 7.17. The van der Waals surface area contributed by atoms with Crippen LogP contribution in [0.5, 0.6) is 0 Å². The van der Waals surface area contributed by atoms with Gasteiger partial charge in [-0.25, -0.2) is 8.42 Å². The van der Waals surface area contributed by atoms with Crippen molar-refractivity contribution >= 4 is 10.0 Å². The fourth-order valence-corrected chi connectivity index (χ4v) is 5.62. The SMILES string of the molecule is O=S(=O)(Cc1ccccc1)N1C[C@H]2CN(Cc3ccc(C(F)(F)F)cc3)[C@H]2C1. The number of hydrogen-bond donors (Lipinski definition) is 0. The molecule has 28 heavy (non-hydrogen) atoms. The van der Waals surface area contributed by atoms with E-state index in [9.17, 15) is 21.6 Å². The predicted octanol–water partition coefficient (Wildman–Crippen LogP) is 3.35. The summed E-state index contributed by atoms with van der Waals surface area (Å²) >= 11 is 0. The Labute approximate surface area is 162 Å². The zero-order valence-corrected chi connectivity index (χ0v) is 16.0. The minimum Gasteiger partial charge on any atom is -0.294 e. The van der Waals surface area contributed by atoms with Crippen molar-refractivity contribution in [2.24, 2.45) is 5.92 Å². The number of halogens is 3. The number of likely N-dealkylation sites (tertiary alicyclic amines) is 1. The van der Waals surface area contributed by atoms with Crippen LogP contribution in [0.4, 0.5) is 13.2 Å². The summed E-state index contributed by atoms with van der Waals surface area (Å²) in [6, 6.07) is 14.4. The highest BCUT2D eigenvalue weighted by atomic mass is 32.2. The normalized spacial score (nSPS) is 23.4. The van der Waals surface area contributed by atoms with Crippen LogP contribution in [0, 0.1) is 5.92 Å². The Hall–Kier alpha value is -1.90. The van der Waals surface area contributed by atoms with Gasteiger partial charge in [-0.05, 0) is 23.3 Å². The van der Waals surface area contributed by atoms with Gasteiger partial charge in [0.2, 0.25) is 10.0 Å². The molecule has 2 aromatic rings. The summed E-state index contributed by atoms with van der Waals surface area (Å²) in [6.45, 7) is 2.26. The van der Waals surface area contributed by atoms with Crippen molar-refractivity contribution in [1.29, 1.82) is 0 Å². The molecule has 4 rings (SSSR count). The van der Waals surface area contributed by atoms with Gasteiger partial charge in [-0.3, -0.25) is 4.90 Å². The quantitative estimate of drug-likeness (QED) is 0.759. The van der Waals surface area contributed by atoms with Crippen LogP contribution in [0.2, 0.25) is 0 Å². The maximum atomic E-state index is 12.7.